The number of hydrogen-bond donors (Lipinski definition) is 2. The van der Waals surface area contributed by atoms with E-state index in [1.807, 2.05) is 32.0 Å². The highest BCUT2D eigenvalue weighted by Gasteiger charge is 2.13. The van der Waals surface area contributed by atoms with Crippen molar-refractivity contribution in [1.82, 2.24) is 5.32 Å². The van der Waals surface area contributed by atoms with Gasteiger partial charge < -0.3 is 15.4 Å². The molecular weight excluding hydrogens is 328 g/mol. The van der Waals surface area contributed by atoms with Crippen molar-refractivity contribution in [3.8, 4) is 5.75 Å². The second-order valence-electron chi connectivity index (χ2n) is 5.31. The second-order valence-corrected chi connectivity index (χ2v) is 5.75. The summed E-state index contributed by atoms with van der Waals surface area (Å²) in [5.41, 5.74) is 2.79. The first-order chi connectivity index (χ1) is 11.5. The van der Waals surface area contributed by atoms with E-state index < -0.39 is 11.8 Å². The monoisotopic (exact) mass is 346 g/mol. The lowest BCUT2D eigenvalue weighted by Gasteiger charge is -2.09. The molecule has 2 aromatic rings. The highest BCUT2D eigenvalue weighted by atomic mass is 35.5. The van der Waals surface area contributed by atoms with Crippen LogP contribution in [0.15, 0.2) is 42.5 Å². The molecule has 2 N–H and O–H groups in total. The normalized spacial score (nSPS) is 10.1. The zero-order chi connectivity index (χ0) is 17.5. The largest absolute Gasteiger partial charge is 0.492 e. The van der Waals surface area contributed by atoms with Crippen LogP contribution in [-0.2, 0) is 9.59 Å². The van der Waals surface area contributed by atoms with Gasteiger partial charge in [0.05, 0.1) is 6.54 Å². The van der Waals surface area contributed by atoms with Gasteiger partial charge in [-0.15, -0.1) is 0 Å². The lowest BCUT2D eigenvalue weighted by Crippen LogP contribution is -2.37. The van der Waals surface area contributed by atoms with Crippen LogP contribution in [0.5, 0.6) is 5.75 Å². The molecule has 0 aromatic heterocycles. The molecule has 5 nitrogen and oxygen atoms in total. The smallest absolute Gasteiger partial charge is 0.313 e. The minimum Gasteiger partial charge on any atom is -0.492 e. The van der Waals surface area contributed by atoms with Gasteiger partial charge in [0.15, 0.2) is 0 Å². The number of anilines is 1. The van der Waals surface area contributed by atoms with Crippen LogP contribution >= 0.6 is 11.6 Å². The molecule has 2 aromatic carbocycles. The van der Waals surface area contributed by atoms with Crippen molar-refractivity contribution < 1.29 is 14.3 Å². The van der Waals surface area contributed by atoms with Gasteiger partial charge in [0.1, 0.15) is 12.4 Å². The molecule has 0 aliphatic rings. The van der Waals surface area contributed by atoms with Crippen molar-refractivity contribution in [2.45, 2.75) is 13.8 Å². The molecule has 126 valence electrons. The first kappa shape index (κ1) is 17.8. The number of amides is 2. The molecule has 24 heavy (non-hydrogen) atoms. The maximum atomic E-state index is 11.8. The van der Waals surface area contributed by atoms with Crippen LogP contribution in [-0.4, -0.2) is 25.0 Å². The van der Waals surface area contributed by atoms with Gasteiger partial charge in [-0.1, -0.05) is 23.7 Å². The predicted molar refractivity (Wildman–Crippen MR) is 94.5 cm³/mol. The maximum Gasteiger partial charge on any atom is 0.313 e. The summed E-state index contributed by atoms with van der Waals surface area (Å²) in [7, 11) is 0. The van der Waals surface area contributed by atoms with Crippen LogP contribution in [0, 0.1) is 13.8 Å². The van der Waals surface area contributed by atoms with Gasteiger partial charge >= 0.3 is 11.8 Å². The van der Waals surface area contributed by atoms with E-state index in [1.54, 1.807) is 24.3 Å². The molecule has 0 saturated carbocycles. The Kier molecular flexibility index (Phi) is 6.21. The van der Waals surface area contributed by atoms with Crippen LogP contribution < -0.4 is 15.4 Å². The van der Waals surface area contributed by atoms with E-state index in [2.05, 4.69) is 10.6 Å². The number of rotatable bonds is 5. The van der Waals surface area contributed by atoms with E-state index in [1.165, 1.54) is 5.56 Å². The average Bonchev–Trinajstić information content (AvgIpc) is 2.54. The number of carbonyl (C=O) groups excluding carboxylic acids is 2. The summed E-state index contributed by atoms with van der Waals surface area (Å²) in [6.45, 7) is 4.54. The fourth-order valence-corrected chi connectivity index (χ4v) is 2.16. The zero-order valence-electron chi connectivity index (χ0n) is 13.6. The SMILES string of the molecule is Cc1ccc(OCCNC(=O)C(=O)Nc2cccc(Cl)c2)cc1C. The second kappa shape index (κ2) is 8.36. The Labute approximate surface area is 146 Å². The van der Waals surface area contributed by atoms with E-state index >= 15 is 0 Å². The Morgan fingerprint density at radius 3 is 2.54 bits per heavy atom. The third-order valence-corrected chi connectivity index (χ3v) is 3.66. The summed E-state index contributed by atoms with van der Waals surface area (Å²) in [5, 5.41) is 5.46. The van der Waals surface area contributed by atoms with Gasteiger partial charge in [-0.25, -0.2) is 0 Å². The fourth-order valence-electron chi connectivity index (χ4n) is 1.97. The molecule has 6 heteroatoms. The molecule has 0 aliphatic carbocycles. The van der Waals surface area contributed by atoms with E-state index in [0.29, 0.717) is 10.7 Å². The van der Waals surface area contributed by atoms with Crippen molar-refractivity contribution in [3.05, 3.63) is 58.6 Å². The highest BCUT2D eigenvalue weighted by molar-refractivity contribution is 6.39. The Hall–Kier alpha value is -2.53. The number of carbonyl (C=O) groups is 2. The number of ether oxygens (including phenoxy) is 1. The van der Waals surface area contributed by atoms with E-state index in [0.717, 1.165) is 11.3 Å². The quantitative estimate of drug-likeness (QED) is 0.645. The summed E-state index contributed by atoms with van der Waals surface area (Å²) in [5.74, 6) is -0.738. The van der Waals surface area contributed by atoms with Gasteiger partial charge in [-0.2, -0.15) is 0 Å². The number of nitrogens with one attached hydrogen (secondary N) is 2. The first-order valence-corrected chi connectivity index (χ1v) is 7.88. The van der Waals surface area contributed by atoms with Gasteiger partial charge in [0.25, 0.3) is 0 Å². The van der Waals surface area contributed by atoms with E-state index in [9.17, 15) is 9.59 Å². The fraction of sp³-hybridized carbons (Fsp3) is 0.222. The van der Waals surface area contributed by atoms with Crippen molar-refractivity contribution >= 4 is 29.1 Å². The molecule has 0 unspecified atom stereocenters. The number of benzene rings is 2. The van der Waals surface area contributed by atoms with Gasteiger partial charge in [-0.3, -0.25) is 9.59 Å². The molecule has 2 rings (SSSR count). The first-order valence-electron chi connectivity index (χ1n) is 7.50. The van der Waals surface area contributed by atoms with Crippen LogP contribution in [0.4, 0.5) is 5.69 Å². The minimum absolute atomic E-state index is 0.231. The van der Waals surface area contributed by atoms with Crippen LogP contribution in [0.1, 0.15) is 11.1 Å². The van der Waals surface area contributed by atoms with E-state index in [4.69, 9.17) is 16.3 Å². The van der Waals surface area contributed by atoms with Crippen LogP contribution in [0.2, 0.25) is 5.02 Å². The Morgan fingerprint density at radius 2 is 1.83 bits per heavy atom. The summed E-state index contributed by atoms with van der Waals surface area (Å²) < 4.78 is 5.54. The van der Waals surface area contributed by atoms with Crippen LogP contribution in [0.3, 0.4) is 0 Å². The Bertz CT molecular complexity index is 747. The molecule has 0 spiro atoms. The summed E-state index contributed by atoms with van der Waals surface area (Å²) >= 11 is 5.82. The lowest BCUT2D eigenvalue weighted by molar-refractivity contribution is -0.136. The van der Waals surface area contributed by atoms with E-state index in [-0.39, 0.29) is 13.2 Å². The molecule has 0 radical (unpaired) electrons. The highest BCUT2D eigenvalue weighted by Crippen LogP contribution is 2.16. The van der Waals surface area contributed by atoms with Crippen molar-refractivity contribution in [2.75, 3.05) is 18.5 Å². The molecular formula is C18H19ClN2O3. The average molecular weight is 347 g/mol. The molecule has 0 saturated heterocycles. The number of aryl methyl sites for hydroxylation is 2. The Morgan fingerprint density at radius 1 is 1.04 bits per heavy atom. The third kappa shape index (κ3) is 5.28. The molecule has 0 atom stereocenters. The molecule has 0 heterocycles. The predicted octanol–water partition coefficient (Wildman–Crippen LogP) is 3.09. The summed E-state index contributed by atoms with van der Waals surface area (Å²) in [6.07, 6.45) is 0. The topological polar surface area (TPSA) is 67.4 Å². The van der Waals surface area contributed by atoms with Gasteiger partial charge in [-0.05, 0) is 55.3 Å². The zero-order valence-corrected chi connectivity index (χ0v) is 14.3. The van der Waals surface area contributed by atoms with Gasteiger partial charge in [0, 0.05) is 10.7 Å². The number of hydrogen-bond acceptors (Lipinski definition) is 3. The molecule has 0 bridgehead atoms. The van der Waals surface area contributed by atoms with Gasteiger partial charge in [0.2, 0.25) is 0 Å². The summed E-state index contributed by atoms with van der Waals surface area (Å²) in [4.78, 5) is 23.5. The summed E-state index contributed by atoms with van der Waals surface area (Å²) in [6, 6.07) is 12.4. The van der Waals surface area contributed by atoms with Crippen molar-refractivity contribution in [3.63, 3.8) is 0 Å². The van der Waals surface area contributed by atoms with Crippen molar-refractivity contribution in [2.24, 2.45) is 0 Å². The minimum atomic E-state index is -0.747. The van der Waals surface area contributed by atoms with Crippen LogP contribution in [0.25, 0.3) is 0 Å². The molecule has 0 fully saturated rings. The van der Waals surface area contributed by atoms with Crippen molar-refractivity contribution in [1.29, 1.82) is 0 Å². The third-order valence-electron chi connectivity index (χ3n) is 3.42. The molecule has 2 amide bonds. The standard InChI is InChI=1S/C18H19ClN2O3/c1-12-6-7-16(10-13(12)2)24-9-8-20-17(22)18(23)21-15-5-3-4-14(19)11-15/h3-7,10-11H,8-9H2,1-2H3,(H,20,22)(H,21,23). The molecule has 0 aliphatic heterocycles. The number of halogens is 1. The maximum absolute atomic E-state index is 11.8. The Balaban J connectivity index is 1.74. The lowest BCUT2D eigenvalue weighted by atomic mass is 10.1.